The summed E-state index contributed by atoms with van der Waals surface area (Å²) in [7, 11) is -1.07. The molecule has 1 aromatic rings. The van der Waals surface area contributed by atoms with Gasteiger partial charge in [0.15, 0.2) is 0 Å². The average molecular weight is 368 g/mol. The summed E-state index contributed by atoms with van der Waals surface area (Å²) < 4.78 is 22.4. The summed E-state index contributed by atoms with van der Waals surface area (Å²) in [6.45, 7) is 15.3. The van der Waals surface area contributed by atoms with Crippen molar-refractivity contribution < 1.29 is 9.09 Å². The van der Waals surface area contributed by atoms with E-state index in [0.717, 1.165) is 24.8 Å². The lowest BCUT2D eigenvalue weighted by atomic mass is 9.99. The van der Waals surface area contributed by atoms with Gasteiger partial charge < -0.3 is 4.52 Å². The van der Waals surface area contributed by atoms with Crippen LogP contribution >= 0.6 is 7.52 Å². The molecule has 0 aliphatic heterocycles. The predicted molar refractivity (Wildman–Crippen MR) is 109 cm³/mol. The van der Waals surface area contributed by atoms with Crippen molar-refractivity contribution in [3.8, 4) is 0 Å². The third-order valence-corrected chi connectivity index (χ3v) is 8.25. The molecule has 3 nitrogen and oxygen atoms in total. The van der Waals surface area contributed by atoms with Crippen molar-refractivity contribution in [1.29, 1.82) is 0 Å². The maximum Gasteiger partial charge on any atom is 0.278 e. The second-order valence-corrected chi connectivity index (χ2v) is 12.1. The summed E-state index contributed by atoms with van der Waals surface area (Å²) in [4.78, 5) is 0. The minimum absolute atomic E-state index is 0.0205. The number of hydrogen-bond donors (Lipinski definition) is 0. The Kier molecular flexibility index (Phi) is 7.93. The number of unbranched alkanes of at least 4 members (excludes halogenated alkanes) is 1. The van der Waals surface area contributed by atoms with E-state index in [1.165, 1.54) is 0 Å². The van der Waals surface area contributed by atoms with Gasteiger partial charge in [0, 0.05) is 6.04 Å². The molecule has 0 N–H and O–H groups in total. The fraction of sp³-hybridized carbons (Fsp3) is 0.714. The van der Waals surface area contributed by atoms with Gasteiger partial charge in [-0.1, -0.05) is 70.9 Å². The highest BCUT2D eigenvalue weighted by atomic mass is 31.2. The van der Waals surface area contributed by atoms with Crippen LogP contribution < -0.4 is 0 Å². The number of rotatable bonds is 9. The summed E-state index contributed by atoms with van der Waals surface area (Å²) in [6, 6.07) is 10.3. The van der Waals surface area contributed by atoms with E-state index in [4.69, 9.17) is 4.52 Å². The third-order valence-electron chi connectivity index (χ3n) is 4.84. The van der Waals surface area contributed by atoms with Gasteiger partial charge in [-0.25, -0.2) is 4.67 Å². The molecule has 0 radical (unpaired) electrons. The van der Waals surface area contributed by atoms with Gasteiger partial charge in [0.1, 0.15) is 0 Å². The normalized spacial score (nSPS) is 16.7. The first-order chi connectivity index (χ1) is 11.4. The second kappa shape index (κ2) is 8.84. The van der Waals surface area contributed by atoms with Crippen LogP contribution in [0.25, 0.3) is 0 Å². The monoisotopic (exact) mass is 367 g/mol. The molecule has 2 atom stereocenters. The highest BCUT2D eigenvalue weighted by Crippen LogP contribution is 2.65. The fourth-order valence-corrected chi connectivity index (χ4v) is 5.88. The van der Waals surface area contributed by atoms with E-state index in [0.29, 0.717) is 6.61 Å². The first-order valence-electron chi connectivity index (χ1n) is 9.47. The molecule has 0 saturated heterocycles. The molecule has 144 valence electrons. The van der Waals surface area contributed by atoms with Crippen LogP contribution in [0.5, 0.6) is 0 Å². The molecular weight excluding hydrogens is 329 g/mol. The Morgan fingerprint density at radius 2 is 1.68 bits per heavy atom. The molecule has 0 aromatic heterocycles. The Hall–Kier alpha value is -0.630. The zero-order chi connectivity index (χ0) is 19.3. The molecule has 0 aliphatic carbocycles. The highest BCUT2D eigenvalue weighted by Gasteiger charge is 2.47. The molecule has 4 heteroatoms. The fourth-order valence-electron chi connectivity index (χ4n) is 2.90. The number of nitrogens with zero attached hydrogens (tertiary/aromatic N) is 1. The van der Waals surface area contributed by atoms with Crippen LogP contribution in [0.1, 0.15) is 79.3 Å². The van der Waals surface area contributed by atoms with E-state index < -0.39 is 7.52 Å². The number of benzene rings is 1. The van der Waals surface area contributed by atoms with Crippen molar-refractivity contribution in [2.45, 2.75) is 78.9 Å². The molecule has 0 saturated carbocycles. The van der Waals surface area contributed by atoms with Gasteiger partial charge in [-0.15, -0.1) is 0 Å². The van der Waals surface area contributed by atoms with Gasteiger partial charge in [-0.05, 0) is 45.2 Å². The van der Waals surface area contributed by atoms with Crippen molar-refractivity contribution >= 4 is 7.52 Å². The summed E-state index contributed by atoms with van der Waals surface area (Å²) in [5.74, 6) is 0. The van der Waals surface area contributed by atoms with Gasteiger partial charge in [0.2, 0.25) is 0 Å². The minimum atomic E-state index is -3.03. The first kappa shape index (κ1) is 22.4. The van der Waals surface area contributed by atoms with Gasteiger partial charge in [-0.3, -0.25) is 4.57 Å². The Labute approximate surface area is 155 Å². The zero-order valence-corrected chi connectivity index (χ0v) is 18.4. The van der Waals surface area contributed by atoms with Crippen molar-refractivity contribution in [1.82, 2.24) is 4.67 Å². The zero-order valence-electron chi connectivity index (χ0n) is 17.5. The van der Waals surface area contributed by atoms with Gasteiger partial charge in [0.25, 0.3) is 7.52 Å². The van der Waals surface area contributed by atoms with Crippen LogP contribution in [0, 0.1) is 5.41 Å². The summed E-state index contributed by atoms with van der Waals surface area (Å²) >= 11 is 0. The second-order valence-electron chi connectivity index (χ2n) is 8.93. The molecule has 0 amide bonds. The number of hydrogen-bond acceptors (Lipinski definition) is 2. The minimum Gasteiger partial charge on any atom is -0.316 e. The first-order valence-corrected chi connectivity index (χ1v) is 11.1. The smallest absolute Gasteiger partial charge is 0.278 e. The maximum atomic E-state index is 14.2. The Morgan fingerprint density at radius 1 is 1.12 bits per heavy atom. The molecule has 0 fully saturated rings. The molecule has 0 heterocycles. The molecule has 0 aliphatic rings. The Balaban J connectivity index is 3.18. The summed E-state index contributed by atoms with van der Waals surface area (Å²) in [6.07, 6.45) is 3.06. The van der Waals surface area contributed by atoms with Crippen molar-refractivity contribution in [2.75, 3.05) is 13.7 Å². The highest BCUT2D eigenvalue weighted by molar-refractivity contribution is 7.58. The Morgan fingerprint density at radius 3 is 2.16 bits per heavy atom. The standard InChI is InChI=1S/C21H38NO2P/c1-9-10-16-21(6,7)25(23,24-17-20(3,4)5)22(8)18(2)19-14-12-11-13-15-19/h11-15,18H,9-10,16-17H2,1-8H3/t18-,25?/m0/s1. The lowest BCUT2D eigenvalue weighted by Gasteiger charge is -2.43. The van der Waals surface area contributed by atoms with E-state index in [2.05, 4.69) is 60.6 Å². The van der Waals surface area contributed by atoms with E-state index in [-0.39, 0.29) is 16.6 Å². The van der Waals surface area contributed by atoms with Crippen LogP contribution in [0.2, 0.25) is 0 Å². The van der Waals surface area contributed by atoms with Crippen LogP contribution in [0.15, 0.2) is 30.3 Å². The van der Waals surface area contributed by atoms with Crippen molar-refractivity contribution in [3.05, 3.63) is 35.9 Å². The molecule has 1 unspecified atom stereocenters. The molecule has 1 aromatic carbocycles. The van der Waals surface area contributed by atoms with Gasteiger partial charge in [-0.2, -0.15) is 0 Å². The van der Waals surface area contributed by atoms with E-state index in [1.54, 1.807) is 0 Å². The van der Waals surface area contributed by atoms with Crippen LogP contribution in [-0.4, -0.2) is 23.5 Å². The van der Waals surface area contributed by atoms with E-state index >= 15 is 0 Å². The molecule has 0 bridgehead atoms. The predicted octanol–water partition coefficient (Wildman–Crippen LogP) is 6.90. The van der Waals surface area contributed by atoms with E-state index in [1.807, 2.05) is 29.9 Å². The lowest BCUT2D eigenvalue weighted by Crippen LogP contribution is -2.34. The van der Waals surface area contributed by atoms with Crippen molar-refractivity contribution in [2.24, 2.45) is 5.41 Å². The molecule has 1 rings (SSSR count). The SMILES string of the molecule is CCCCC(C)(C)P(=O)(OCC(C)(C)C)N(C)[C@@H](C)c1ccccc1. The quantitative estimate of drug-likeness (QED) is 0.444. The molecule has 0 spiro atoms. The van der Waals surface area contributed by atoms with E-state index in [9.17, 15) is 4.57 Å². The molecular formula is C21H38NO2P. The largest absolute Gasteiger partial charge is 0.316 e. The Bertz CT molecular complexity index is 563. The van der Waals surface area contributed by atoms with Crippen LogP contribution in [0.3, 0.4) is 0 Å². The summed E-state index contributed by atoms with van der Waals surface area (Å²) in [5, 5.41) is -0.383. The topological polar surface area (TPSA) is 29.5 Å². The summed E-state index contributed by atoms with van der Waals surface area (Å²) in [5.41, 5.74) is 1.14. The van der Waals surface area contributed by atoms with Gasteiger partial charge in [0.05, 0.1) is 11.8 Å². The van der Waals surface area contributed by atoms with Gasteiger partial charge >= 0.3 is 0 Å². The van der Waals surface area contributed by atoms with Crippen molar-refractivity contribution in [3.63, 3.8) is 0 Å². The lowest BCUT2D eigenvalue weighted by molar-refractivity contribution is 0.164. The maximum absolute atomic E-state index is 14.2. The third kappa shape index (κ3) is 5.94. The van der Waals surface area contributed by atoms with Crippen LogP contribution in [0.4, 0.5) is 0 Å². The van der Waals surface area contributed by atoms with Crippen LogP contribution in [-0.2, 0) is 9.09 Å². The average Bonchev–Trinajstić information content (AvgIpc) is 2.56. The molecule has 25 heavy (non-hydrogen) atoms.